The van der Waals surface area contributed by atoms with E-state index in [4.69, 9.17) is 0 Å². The van der Waals surface area contributed by atoms with Gasteiger partial charge in [-0.2, -0.15) is 0 Å². The van der Waals surface area contributed by atoms with E-state index in [0.29, 0.717) is 0 Å². The Morgan fingerprint density at radius 2 is 1.84 bits per heavy atom. The van der Waals surface area contributed by atoms with Gasteiger partial charge in [-0.05, 0) is 50.4 Å². The molecule has 0 unspecified atom stereocenters. The van der Waals surface area contributed by atoms with Crippen LogP contribution in [0.2, 0.25) is 0 Å². The summed E-state index contributed by atoms with van der Waals surface area (Å²) in [5.74, 6) is 0. The monoisotopic (exact) mass is 260 g/mol. The van der Waals surface area contributed by atoms with E-state index in [-0.39, 0.29) is 0 Å². The van der Waals surface area contributed by atoms with Gasteiger partial charge in [0.1, 0.15) is 0 Å². The summed E-state index contributed by atoms with van der Waals surface area (Å²) in [5.41, 5.74) is 4.17. The van der Waals surface area contributed by atoms with Crippen molar-refractivity contribution in [3.05, 3.63) is 29.3 Å². The fourth-order valence-electron chi connectivity index (χ4n) is 2.97. The van der Waals surface area contributed by atoms with Gasteiger partial charge in [-0.1, -0.05) is 38.0 Å². The maximum Gasteiger partial charge on any atom is 0.0402 e. The number of rotatable bonds is 5. The molecule has 0 saturated carbocycles. The van der Waals surface area contributed by atoms with Gasteiger partial charge in [0, 0.05) is 18.8 Å². The van der Waals surface area contributed by atoms with Crippen molar-refractivity contribution in [2.75, 3.05) is 31.5 Å². The van der Waals surface area contributed by atoms with Gasteiger partial charge in [0.25, 0.3) is 0 Å². The molecule has 0 bridgehead atoms. The standard InChI is InChI=1S/C17H28N2/c1-3-16-10-8-9-15(2)17(16)18-11-14-19-12-6-4-5-7-13-19/h8-10,18H,3-7,11-14H2,1-2H3. The minimum absolute atomic E-state index is 1.07. The summed E-state index contributed by atoms with van der Waals surface area (Å²) in [4.78, 5) is 2.61. The van der Waals surface area contributed by atoms with Crippen molar-refractivity contribution < 1.29 is 0 Å². The van der Waals surface area contributed by atoms with Gasteiger partial charge in [0.2, 0.25) is 0 Å². The summed E-state index contributed by atoms with van der Waals surface area (Å²) in [7, 11) is 0. The first-order valence-electron chi connectivity index (χ1n) is 7.86. The smallest absolute Gasteiger partial charge is 0.0402 e. The van der Waals surface area contributed by atoms with Gasteiger partial charge >= 0.3 is 0 Å². The highest BCUT2D eigenvalue weighted by molar-refractivity contribution is 5.57. The summed E-state index contributed by atoms with van der Waals surface area (Å²) in [6.45, 7) is 9.25. The van der Waals surface area contributed by atoms with E-state index >= 15 is 0 Å². The summed E-state index contributed by atoms with van der Waals surface area (Å²) in [5, 5.41) is 3.66. The predicted molar refractivity (Wildman–Crippen MR) is 84.0 cm³/mol. The Bertz CT molecular complexity index is 379. The highest BCUT2D eigenvalue weighted by Gasteiger charge is 2.09. The SMILES string of the molecule is CCc1cccc(C)c1NCCN1CCCCCC1. The van der Waals surface area contributed by atoms with Gasteiger partial charge in [-0.3, -0.25) is 0 Å². The van der Waals surface area contributed by atoms with E-state index in [1.54, 1.807) is 0 Å². The number of nitrogens with one attached hydrogen (secondary N) is 1. The summed E-state index contributed by atoms with van der Waals surface area (Å²) in [6, 6.07) is 6.60. The molecule has 1 N–H and O–H groups in total. The lowest BCUT2D eigenvalue weighted by Crippen LogP contribution is -2.30. The first-order valence-corrected chi connectivity index (χ1v) is 7.86. The molecule has 19 heavy (non-hydrogen) atoms. The fourth-order valence-corrected chi connectivity index (χ4v) is 2.97. The zero-order valence-electron chi connectivity index (χ0n) is 12.5. The van der Waals surface area contributed by atoms with E-state index in [0.717, 1.165) is 13.0 Å². The van der Waals surface area contributed by atoms with Crippen molar-refractivity contribution in [1.82, 2.24) is 4.90 Å². The molecule has 2 nitrogen and oxygen atoms in total. The van der Waals surface area contributed by atoms with Gasteiger partial charge < -0.3 is 10.2 Å². The molecular weight excluding hydrogens is 232 g/mol. The Labute approximate surface area is 118 Å². The third-order valence-corrected chi connectivity index (χ3v) is 4.17. The van der Waals surface area contributed by atoms with Crippen molar-refractivity contribution in [2.45, 2.75) is 46.0 Å². The lowest BCUT2D eigenvalue weighted by Gasteiger charge is -2.21. The second-order valence-corrected chi connectivity index (χ2v) is 5.65. The molecule has 0 aliphatic carbocycles. The second kappa shape index (κ2) is 7.54. The molecule has 1 fully saturated rings. The summed E-state index contributed by atoms with van der Waals surface area (Å²) < 4.78 is 0. The molecule has 1 heterocycles. The fraction of sp³-hybridized carbons (Fsp3) is 0.647. The van der Waals surface area contributed by atoms with Crippen LogP contribution in [0.3, 0.4) is 0 Å². The highest BCUT2D eigenvalue weighted by atomic mass is 15.1. The zero-order valence-corrected chi connectivity index (χ0v) is 12.5. The third kappa shape index (κ3) is 4.24. The van der Waals surface area contributed by atoms with Crippen LogP contribution in [0.1, 0.15) is 43.7 Å². The van der Waals surface area contributed by atoms with E-state index < -0.39 is 0 Å². The first-order chi connectivity index (χ1) is 9.31. The van der Waals surface area contributed by atoms with Crippen LogP contribution >= 0.6 is 0 Å². The summed E-state index contributed by atoms with van der Waals surface area (Å²) >= 11 is 0. The summed E-state index contributed by atoms with van der Waals surface area (Å²) in [6.07, 6.45) is 6.70. The Kier molecular flexibility index (Phi) is 5.71. The van der Waals surface area contributed by atoms with E-state index in [2.05, 4.69) is 42.3 Å². The van der Waals surface area contributed by atoms with Crippen molar-refractivity contribution >= 4 is 5.69 Å². The van der Waals surface area contributed by atoms with Gasteiger partial charge in [-0.25, -0.2) is 0 Å². The molecule has 0 amide bonds. The average molecular weight is 260 g/mol. The second-order valence-electron chi connectivity index (χ2n) is 5.65. The Morgan fingerprint density at radius 1 is 1.11 bits per heavy atom. The van der Waals surface area contributed by atoms with Gasteiger partial charge in [0.15, 0.2) is 0 Å². The molecular formula is C17H28N2. The van der Waals surface area contributed by atoms with Crippen LogP contribution in [0.5, 0.6) is 0 Å². The van der Waals surface area contributed by atoms with Crippen LogP contribution in [0.25, 0.3) is 0 Å². The molecule has 0 aromatic heterocycles. The van der Waals surface area contributed by atoms with Crippen molar-refractivity contribution in [1.29, 1.82) is 0 Å². The number of hydrogen-bond donors (Lipinski definition) is 1. The van der Waals surface area contributed by atoms with Crippen LogP contribution in [0, 0.1) is 6.92 Å². The molecule has 1 aliphatic rings. The molecule has 0 spiro atoms. The molecule has 2 rings (SSSR count). The van der Waals surface area contributed by atoms with Crippen molar-refractivity contribution in [3.63, 3.8) is 0 Å². The van der Waals surface area contributed by atoms with Crippen LogP contribution < -0.4 is 5.32 Å². The minimum Gasteiger partial charge on any atom is -0.383 e. The quantitative estimate of drug-likeness (QED) is 0.865. The maximum atomic E-state index is 3.66. The van der Waals surface area contributed by atoms with Gasteiger partial charge in [-0.15, -0.1) is 0 Å². The number of anilines is 1. The van der Waals surface area contributed by atoms with Crippen LogP contribution in [-0.4, -0.2) is 31.1 Å². The largest absolute Gasteiger partial charge is 0.383 e. The number of benzene rings is 1. The van der Waals surface area contributed by atoms with Crippen LogP contribution in [0.4, 0.5) is 5.69 Å². The Morgan fingerprint density at radius 3 is 2.53 bits per heavy atom. The zero-order chi connectivity index (χ0) is 13.5. The third-order valence-electron chi connectivity index (χ3n) is 4.17. The van der Waals surface area contributed by atoms with Crippen LogP contribution in [0.15, 0.2) is 18.2 Å². The molecule has 1 aromatic carbocycles. The molecule has 106 valence electrons. The number of para-hydroxylation sites is 1. The molecule has 2 heteroatoms. The number of nitrogens with zero attached hydrogens (tertiary/aromatic N) is 1. The molecule has 0 radical (unpaired) electrons. The first kappa shape index (κ1) is 14.4. The van der Waals surface area contributed by atoms with E-state index in [1.165, 1.54) is 62.1 Å². The number of hydrogen-bond acceptors (Lipinski definition) is 2. The minimum atomic E-state index is 1.07. The highest BCUT2D eigenvalue weighted by Crippen LogP contribution is 2.20. The normalized spacial score (nSPS) is 17.2. The Balaban J connectivity index is 1.85. The van der Waals surface area contributed by atoms with Crippen LogP contribution in [-0.2, 0) is 6.42 Å². The maximum absolute atomic E-state index is 3.66. The molecule has 1 aromatic rings. The number of aryl methyl sites for hydroxylation is 2. The lowest BCUT2D eigenvalue weighted by molar-refractivity contribution is 0.296. The lowest BCUT2D eigenvalue weighted by atomic mass is 10.1. The van der Waals surface area contributed by atoms with Crippen molar-refractivity contribution in [3.8, 4) is 0 Å². The van der Waals surface area contributed by atoms with Crippen molar-refractivity contribution in [2.24, 2.45) is 0 Å². The number of likely N-dealkylation sites (tertiary alicyclic amines) is 1. The molecule has 0 atom stereocenters. The molecule has 1 aliphatic heterocycles. The topological polar surface area (TPSA) is 15.3 Å². The average Bonchev–Trinajstić information content (AvgIpc) is 2.69. The Hall–Kier alpha value is -1.02. The van der Waals surface area contributed by atoms with E-state index in [1.807, 2.05) is 0 Å². The predicted octanol–water partition coefficient (Wildman–Crippen LogP) is 3.85. The molecule has 1 saturated heterocycles. The van der Waals surface area contributed by atoms with Gasteiger partial charge in [0.05, 0.1) is 0 Å². The van der Waals surface area contributed by atoms with E-state index in [9.17, 15) is 0 Å².